The Labute approximate surface area is 367 Å². The number of halogens is 2. The molecule has 4 fully saturated rings. The van der Waals surface area contributed by atoms with E-state index in [1.165, 1.54) is 16.8 Å². The standard InChI is InChI=1S/C48H49F2N9O5/c1-4-31-34(49)11-10-30-7-5-8-32(39(30)31)41-40(50)42-33(24-51-41)43(58-18-6-15-47(2,63)26-58)54-45(53-42)64-28-48(16-17-48)27-57-21-19-56(20-22-57)25-29-9-12-35-37(23-29)55(3)46(62)59(35)36-13-14-38(60)52-44(36)61/h1,5,7-12,23-24,36,63H,6,13-22,25-28H2,2-3H3,(H,52,60,61)/t36?,47-/m1/s1. The average Bonchev–Trinajstić information content (AvgIpc) is 4.00. The molecule has 64 heavy (non-hydrogen) atoms. The quantitative estimate of drug-likeness (QED) is 0.141. The van der Waals surface area contributed by atoms with E-state index in [4.69, 9.17) is 16.1 Å². The highest BCUT2D eigenvalue weighted by Crippen LogP contribution is 2.47. The van der Waals surface area contributed by atoms with Crippen LogP contribution < -0.4 is 20.6 Å². The average molecular weight is 870 g/mol. The van der Waals surface area contributed by atoms with Crippen molar-refractivity contribution in [2.45, 2.75) is 63.6 Å². The van der Waals surface area contributed by atoms with E-state index >= 15 is 4.39 Å². The zero-order valence-electron chi connectivity index (χ0n) is 35.9. The Hall–Kier alpha value is -6.28. The highest BCUT2D eigenvalue weighted by molar-refractivity contribution is 6.02. The van der Waals surface area contributed by atoms with Crippen molar-refractivity contribution in [3.63, 3.8) is 0 Å². The molecule has 0 radical (unpaired) electrons. The summed E-state index contributed by atoms with van der Waals surface area (Å²) in [6.07, 6.45) is 11.0. The second-order valence-electron chi connectivity index (χ2n) is 18.3. The number of aryl methyl sites for hydroxylation is 1. The fourth-order valence-corrected chi connectivity index (χ4v) is 9.93. The molecule has 6 heterocycles. The number of β-amino-alcohol motifs (C(OH)–C–C–N with tert-alkyl or cyclic N) is 1. The predicted molar refractivity (Wildman–Crippen MR) is 238 cm³/mol. The Morgan fingerprint density at radius 3 is 2.53 bits per heavy atom. The normalized spacial score (nSPS) is 21.7. The molecule has 0 bridgehead atoms. The molecule has 3 aromatic carbocycles. The van der Waals surface area contributed by atoms with E-state index in [2.05, 4.69) is 31.0 Å². The third kappa shape index (κ3) is 7.65. The van der Waals surface area contributed by atoms with Gasteiger partial charge in [-0.25, -0.2) is 13.6 Å². The zero-order valence-corrected chi connectivity index (χ0v) is 35.9. The molecule has 1 saturated carbocycles. The molecule has 2 atom stereocenters. The van der Waals surface area contributed by atoms with Crippen LogP contribution in [0.3, 0.4) is 0 Å². The fourth-order valence-electron chi connectivity index (χ4n) is 9.93. The van der Waals surface area contributed by atoms with Crippen LogP contribution in [0.25, 0.3) is 44.0 Å². The molecule has 10 rings (SSSR count). The summed E-state index contributed by atoms with van der Waals surface area (Å²) >= 11 is 0. The second-order valence-corrected chi connectivity index (χ2v) is 18.3. The molecule has 3 saturated heterocycles. The molecule has 2 amide bonds. The van der Waals surface area contributed by atoms with Crippen molar-refractivity contribution < 1.29 is 28.2 Å². The van der Waals surface area contributed by atoms with Gasteiger partial charge in [-0.1, -0.05) is 36.3 Å². The SMILES string of the molecule is C#Cc1c(F)ccc2cccc(-c3ncc4c(N5CCC[C@@](C)(O)C5)nc(OCC5(CN6CCN(Cc7ccc8c(c7)n(C)c(=O)n8C7CCC(=O)NC7=O)CC6)CC5)nc4c3F)c12. The first-order valence-electron chi connectivity index (χ1n) is 21.9. The van der Waals surface area contributed by atoms with Crippen LogP contribution in [0, 0.1) is 29.4 Å². The maximum atomic E-state index is 17.0. The number of aliphatic hydroxyl groups is 1. The van der Waals surface area contributed by atoms with Crippen LogP contribution in [0.15, 0.2) is 59.5 Å². The number of terminal acetylenes is 1. The van der Waals surface area contributed by atoms with Gasteiger partial charge in [-0.15, -0.1) is 6.42 Å². The van der Waals surface area contributed by atoms with Gasteiger partial charge in [0.25, 0.3) is 0 Å². The van der Waals surface area contributed by atoms with E-state index in [9.17, 15) is 23.9 Å². The van der Waals surface area contributed by atoms with Crippen molar-refractivity contribution in [1.82, 2.24) is 39.2 Å². The number of carbonyl (C=O) groups is 2. The minimum atomic E-state index is -0.969. The summed E-state index contributed by atoms with van der Waals surface area (Å²) in [6, 6.07) is 13.4. The molecule has 16 heteroatoms. The Balaban J connectivity index is 0.849. The summed E-state index contributed by atoms with van der Waals surface area (Å²) in [5, 5.41) is 14.8. The van der Waals surface area contributed by atoms with Crippen LogP contribution in [0.5, 0.6) is 6.01 Å². The number of imidazole rings is 1. The number of piperidine rings is 2. The molecule has 14 nitrogen and oxygen atoms in total. The first-order valence-corrected chi connectivity index (χ1v) is 21.9. The summed E-state index contributed by atoms with van der Waals surface area (Å²) in [7, 11) is 1.71. The number of piperazine rings is 1. The first kappa shape index (κ1) is 41.7. The number of ether oxygens (including phenoxy) is 1. The van der Waals surface area contributed by atoms with Crippen LogP contribution in [0.4, 0.5) is 14.6 Å². The molecular formula is C48H49F2N9O5. The lowest BCUT2D eigenvalue weighted by atomic mass is 9.95. The van der Waals surface area contributed by atoms with Crippen molar-refractivity contribution in [3.05, 3.63) is 88.0 Å². The van der Waals surface area contributed by atoms with Gasteiger partial charge >= 0.3 is 11.7 Å². The van der Waals surface area contributed by atoms with Gasteiger partial charge in [0.15, 0.2) is 5.82 Å². The minimum Gasteiger partial charge on any atom is -0.463 e. The Bertz CT molecular complexity index is 2980. The second kappa shape index (κ2) is 16.1. The third-order valence-electron chi connectivity index (χ3n) is 13.6. The largest absolute Gasteiger partial charge is 0.463 e. The number of anilines is 1. The highest BCUT2D eigenvalue weighted by atomic mass is 19.1. The maximum Gasteiger partial charge on any atom is 0.329 e. The monoisotopic (exact) mass is 869 g/mol. The van der Waals surface area contributed by atoms with Crippen molar-refractivity contribution in [2.75, 3.05) is 57.3 Å². The van der Waals surface area contributed by atoms with Gasteiger partial charge in [0.1, 0.15) is 28.9 Å². The van der Waals surface area contributed by atoms with E-state index in [1.807, 2.05) is 23.1 Å². The number of nitrogens with zero attached hydrogens (tertiary/aromatic N) is 8. The first-order chi connectivity index (χ1) is 30.8. The number of aromatic nitrogens is 5. The smallest absolute Gasteiger partial charge is 0.329 e. The molecule has 0 spiro atoms. The fraction of sp³-hybridized carbons (Fsp3) is 0.417. The molecule has 4 aliphatic rings. The van der Waals surface area contributed by atoms with Gasteiger partial charge in [-0.05, 0) is 68.2 Å². The molecular weight excluding hydrogens is 821 g/mol. The van der Waals surface area contributed by atoms with Gasteiger partial charge in [0.05, 0.1) is 34.2 Å². The molecule has 1 aliphatic carbocycles. The Kier molecular flexibility index (Phi) is 10.5. The number of benzene rings is 3. The lowest BCUT2D eigenvalue weighted by molar-refractivity contribution is -0.135. The lowest BCUT2D eigenvalue weighted by Crippen LogP contribution is -2.48. The van der Waals surface area contributed by atoms with Crippen LogP contribution in [0.1, 0.15) is 62.6 Å². The third-order valence-corrected chi connectivity index (χ3v) is 13.6. The molecule has 2 N–H and O–H groups in total. The highest BCUT2D eigenvalue weighted by Gasteiger charge is 2.45. The number of carbonyl (C=O) groups excluding carboxylic acids is 2. The van der Waals surface area contributed by atoms with Crippen LogP contribution in [-0.4, -0.2) is 109 Å². The topological polar surface area (TPSA) is 151 Å². The minimum absolute atomic E-state index is 0.0140. The Morgan fingerprint density at radius 1 is 0.984 bits per heavy atom. The molecule has 3 aromatic heterocycles. The van der Waals surface area contributed by atoms with Crippen molar-refractivity contribution in [2.24, 2.45) is 12.5 Å². The van der Waals surface area contributed by atoms with Crippen molar-refractivity contribution in [1.29, 1.82) is 0 Å². The molecule has 330 valence electrons. The number of rotatable bonds is 10. The summed E-state index contributed by atoms with van der Waals surface area (Å²) in [5.74, 6) is 0.810. The van der Waals surface area contributed by atoms with E-state index < -0.39 is 29.2 Å². The van der Waals surface area contributed by atoms with Crippen LogP contribution in [-0.2, 0) is 23.2 Å². The van der Waals surface area contributed by atoms with Crippen LogP contribution >= 0.6 is 0 Å². The number of imide groups is 1. The Morgan fingerprint density at radius 2 is 1.78 bits per heavy atom. The summed E-state index contributed by atoms with van der Waals surface area (Å²) in [5.41, 5.74) is 1.48. The van der Waals surface area contributed by atoms with Crippen LogP contribution in [0.2, 0.25) is 0 Å². The van der Waals surface area contributed by atoms with Gasteiger partial charge in [0.2, 0.25) is 11.8 Å². The van der Waals surface area contributed by atoms with E-state index in [-0.39, 0.29) is 52.6 Å². The summed E-state index contributed by atoms with van der Waals surface area (Å²) in [4.78, 5) is 58.5. The lowest BCUT2D eigenvalue weighted by Gasteiger charge is -2.38. The molecule has 1 unspecified atom stereocenters. The number of hydrogen-bond acceptors (Lipinski definition) is 11. The van der Waals surface area contributed by atoms with Gasteiger partial charge < -0.3 is 19.6 Å². The number of hydrogen-bond donors (Lipinski definition) is 2. The summed E-state index contributed by atoms with van der Waals surface area (Å²) in [6.45, 7) is 7.98. The van der Waals surface area contributed by atoms with E-state index in [0.29, 0.717) is 72.1 Å². The summed E-state index contributed by atoms with van der Waals surface area (Å²) < 4.78 is 41.4. The number of fused-ring (bicyclic) bond motifs is 3. The van der Waals surface area contributed by atoms with Gasteiger partial charge in [0, 0.05) is 88.4 Å². The van der Waals surface area contributed by atoms with Crippen molar-refractivity contribution >= 4 is 50.3 Å². The maximum absolute atomic E-state index is 17.0. The van der Waals surface area contributed by atoms with E-state index in [0.717, 1.165) is 56.6 Å². The predicted octanol–water partition coefficient (Wildman–Crippen LogP) is 5.06. The number of amides is 2. The van der Waals surface area contributed by atoms with E-state index in [1.54, 1.807) is 42.8 Å². The van der Waals surface area contributed by atoms with Gasteiger partial charge in [-0.3, -0.25) is 33.9 Å². The van der Waals surface area contributed by atoms with Crippen molar-refractivity contribution in [3.8, 4) is 29.6 Å². The zero-order chi connectivity index (χ0) is 44.5. The molecule has 3 aliphatic heterocycles. The molecule has 6 aromatic rings. The van der Waals surface area contributed by atoms with Gasteiger partial charge in [-0.2, -0.15) is 9.97 Å². The number of nitrogens with one attached hydrogen (secondary N) is 1. The number of pyridine rings is 1.